The Bertz CT molecular complexity index is 1240. The molecule has 1 aromatic heterocycles. The van der Waals surface area contributed by atoms with Crippen LogP contribution in [0.2, 0.25) is 5.02 Å². The molecule has 2 aromatic carbocycles. The second kappa shape index (κ2) is 13.6. The Morgan fingerprint density at radius 2 is 1.76 bits per heavy atom. The van der Waals surface area contributed by atoms with Crippen LogP contribution in [0.15, 0.2) is 48.5 Å². The van der Waals surface area contributed by atoms with Crippen LogP contribution in [0.25, 0.3) is 6.08 Å². The second-order valence-electron chi connectivity index (χ2n) is 8.83. The highest BCUT2D eigenvalue weighted by molar-refractivity contribution is 6.32. The van der Waals surface area contributed by atoms with Crippen LogP contribution in [0, 0.1) is 0 Å². The first-order valence-electron chi connectivity index (χ1n) is 12.8. The predicted molar refractivity (Wildman–Crippen MR) is 148 cm³/mol. The summed E-state index contributed by atoms with van der Waals surface area (Å²) in [7, 11) is 1.57. The van der Waals surface area contributed by atoms with E-state index in [-0.39, 0.29) is 12.0 Å². The Morgan fingerprint density at radius 3 is 2.45 bits per heavy atom. The number of aromatic nitrogens is 3. The summed E-state index contributed by atoms with van der Waals surface area (Å²) in [6.45, 7) is 2.10. The molecule has 0 aliphatic heterocycles. The average molecular weight is 538 g/mol. The van der Waals surface area contributed by atoms with Gasteiger partial charge in [0.15, 0.2) is 0 Å². The fourth-order valence-corrected chi connectivity index (χ4v) is 4.37. The lowest BCUT2D eigenvalue weighted by Gasteiger charge is -2.17. The molecule has 1 aliphatic rings. The third kappa shape index (κ3) is 8.08. The summed E-state index contributed by atoms with van der Waals surface area (Å²) in [5.41, 5.74) is 1.53. The van der Waals surface area contributed by atoms with E-state index in [1.807, 2.05) is 18.2 Å². The molecule has 0 radical (unpaired) electrons. The van der Waals surface area contributed by atoms with E-state index >= 15 is 0 Å². The molecule has 10 heteroatoms. The summed E-state index contributed by atoms with van der Waals surface area (Å²) in [5.74, 6) is 1.50. The third-order valence-electron chi connectivity index (χ3n) is 6.00. The highest BCUT2D eigenvalue weighted by atomic mass is 35.5. The maximum atomic E-state index is 11.6. The third-order valence-corrected chi connectivity index (χ3v) is 6.29. The van der Waals surface area contributed by atoms with Crippen LogP contribution in [0.4, 0.5) is 17.6 Å². The molecular weight excluding hydrogens is 506 g/mol. The van der Waals surface area contributed by atoms with Gasteiger partial charge in [-0.25, -0.2) is 4.79 Å². The van der Waals surface area contributed by atoms with Crippen LogP contribution in [0.3, 0.4) is 0 Å². The number of rotatable bonds is 10. The van der Waals surface area contributed by atoms with Crippen molar-refractivity contribution in [1.82, 2.24) is 15.0 Å². The van der Waals surface area contributed by atoms with Crippen molar-refractivity contribution in [2.45, 2.75) is 51.5 Å². The number of anilines is 3. The Morgan fingerprint density at radius 1 is 1.03 bits per heavy atom. The molecule has 0 saturated heterocycles. The summed E-state index contributed by atoms with van der Waals surface area (Å²) < 4.78 is 16.1. The quantitative estimate of drug-likeness (QED) is 0.164. The van der Waals surface area contributed by atoms with Crippen molar-refractivity contribution in [3.63, 3.8) is 0 Å². The predicted octanol–water partition coefficient (Wildman–Crippen LogP) is 6.78. The first-order valence-corrected chi connectivity index (χ1v) is 13.2. The molecule has 1 heterocycles. The smallest absolute Gasteiger partial charge is 0.330 e. The minimum Gasteiger partial charge on any atom is -0.495 e. The lowest BCUT2D eigenvalue weighted by Crippen LogP contribution is -2.20. The van der Waals surface area contributed by atoms with Crippen molar-refractivity contribution in [2.24, 2.45) is 0 Å². The lowest BCUT2D eigenvalue weighted by molar-refractivity contribution is -0.137. The van der Waals surface area contributed by atoms with Crippen molar-refractivity contribution in [3.05, 3.63) is 59.1 Å². The summed E-state index contributed by atoms with van der Waals surface area (Å²) >= 11 is 6.29. The number of carbonyl (C=O) groups excluding carboxylic acids is 1. The van der Waals surface area contributed by atoms with E-state index in [9.17, 15) is 4.79 Å². The highest BCUT2D eigenvalue weighted by Crippen LogP contribution is 2.29. The molecule has 0 spiro atoms. The highest BCUT2D eigenvalue weighted by Gasteiger charge is 2.16. The number of methoxy groups -OCH3 is 1. The van der Waals surface area contributed by atoms with E-state index in [0.29, 0.717) is 46.8 Å². The van der Waals surface area contributed by atoms with Crippen LogP contribution >= 0.6 is 11.6 Å². The van der Waals surface area contributed by atoms with E-state index in [1.165, 1.54) is 31.8 Å². The summed E-state index contributed by atoms with van der Waals surface area (Å²) in [5, 5.41) is 7.12. The monoisotopic (exact) mass is 537 g/mol. The van der Waals surface area contributed by atoms with Crippen LogP contribution in [-0.2, 0) is 9.53 Å². The first-order chi connectivity index (χ1) is 18.5. The fraction of sp³-hybridized carbons (Fsp3) is 0.357. The molecule has 1 fully saturated rings. The van der Waals surface area contributed by atoms with Gasteiger partial charge < -0.3 is 24.8 Å². The van der Waals surface area contributed by atoms with Gasteiger partial charge >= 0.3 is 12.0 Å². The van der Waals surface area contributed by atoms with Crippen LogP contribution < -0.4 is 20.1 Å². The summed E-state index contributed by atoms with van der Waals surface area (Å²) in [6, 6.07) is 13.0. The minimum absolute atomic E-state index is 0.146. The van der Waals surface area contributed by atoms with Crippen molar-refractivity contribution in [1.29, 1.82) is 0 Å². The van der Waals surface area contributed by atoms with Gasteiger partial charge in [0.2, 0.25) is 11.9 Å². The topological polar surface area (TPSA) is 107 Å². The zero-order chi connectivity index (χ0) is 26.7. The van der Waals surface area contributed by atoms with Crippen molar-refractivity contribution < 1.29 is 19.0 Å². The molecule has 4 rings (SSSR count). The molecule has 1 saturated carbocycles. The first kappa shape index (κ1) is 27.2. The Labute approximate surface area is 227 Å². The van der Waals surface area contributed by atoms with E-state index in [2.05, 4.69) is 25.6 Å². The number of hydrogen-bond acceptors (Lipinski definition) is 9. The van der Waals surface area contributed by atoms with Gasteiger partial charge in [-0.1, -0.05) is 49.4 Å². The number of carbonyl (C=O) groups is 1. The number of benzene rings is 2. The molecule has 3 aromatic rings. The molecule has 0 amide bonds. The van der Waals surface area contributed by atoms with E-state index in [0.717, 1.165) is 18.4 Å². The van der Waals surface area contributed by atoms with E-state index in [4.69, 9.17) is 25.8 Å². The summed E-state index contributed by atoms with van der Waals surface area (Å²) in [6.07, 6.45) is 10.1. The Hall–Kier alpha value is -3.85. The molecule has 9 nitrogen and oxygen atoms in total. The average Bonchev–Trinajstić information content (AvgIpc) is 3.17. The molecule has 0 atom stereocenters. The Balaban J connectivity index is 1.54. The van der Waals surface area contributed by atoms with Gasteiger partial charge in [0.25, 0.3) is 0 Å². The number of halogens is 1. The van der Waals surface area contributed by atoms with Crippen LogP contribution in [-0.4, -0.2) is 40.7 Å². The minimum atomic E-state index is -0.384. The van der Waals surface area contributed by atoms with Gasteiger partial charge in [0.1, 0.15) is 11.5 Å². The van der Waals surface area contributed by atoms with Gasteiger partial charge in [0, 0.05) is 17.8 Å². The summed E-state index contributed by atoms with van der Waals surface area (Å²) in [4.78, 5) is 25.1. The van der Waals surface area contributed by atoms with Gasteiger partial charge in [-0.05, 0) is 61.7 Å². The van der Waals surface area contributed by atoms with Gasteiger partial charge in [-0.2, -0.15) is 15.0 Å². The second-order valence-corrected chi connectivity index (χ2v) is 9.24. The largest absolute Gasteiger partial charge is 0.495 e. The van der Waals surface area contributed by atoms with Crippen LogP contribution in [0.5, 0.6) is 17.5 Å². The molecule has 200 valence electrons. The lowest BCUT2D eigenvalue weighted by atomic mass is 10.1. The van der Waals surface area contributed by atoms with Crippen molar-refractivity contribution in [2.75, 3.05) is 24.4 Å². The van der Waals surface area contributed by atoms with Gasteiger partial charge in [-0.15, -0.1) is 0 Å². The molecule has 38 heavy (non-hydrogen) atoms. The molecule has 2 N–H and O–H groups in total. The van der Waals surface area contributed by atoms with E-state index in [1.54, 1.807) is 44.4 Å². The zero-order valence-electron chi connectivity index (χ0n) is 21.6. The maximum Gasteiger partial charge on any atom is 0.330 e. The van der Waals surface area contributed by atoms with Crippen molar-refractivity contribution >= 4 is 41.2 Å². The maximum absolute atomic E-state index is 11.6. The van der Waals surface area contributed by atoms with E-state index < -0.39 is 0 Å². The number of nitrogens with one attached hydrogen (secondary N) is 2. The Kier molecular flexibility index (Phi) is 9.75. The zero-order valence-corrected chi connectivity index (χ0v) is 22.3. The SMILES string of the molecule is CCOC(=O)C=Cc1ccc(Oc2nc(Nc3ccc(OC)c(Cl)c3)nc(NC3CCCCCC3)n2)cc1. The molecule has 0 bridgehead atoms. The standard InChI is InChI=1S/C28H32ClN5O4/c1-3-37-25(35)17-12-19-10-14-22(15-11-19)38-28-33-26(30-20-8-6-4-5-7-9-20)32-27(34-28)31-21-13-16-24(36-2)23(29)18-21/h10-18,20H,3-9H2,1-2H3,(H2,30,31,32,33,34). The van der Waals surface area contributed by atoms with Gasteiger partial charge in [0.05, 0.1) is 18.7 Å². The number of nitrogens with zero attached hydrogens (tertiary/aromatic N) is 3. The number of esters is 1. The number of ether oxygens (including phenoxy) is 3. The van der Waals surface area contributed by atoms with Crippen molar-refractivity contribution in [3.8, 4) is 17.5 Å². The number of hydrogen-bond donors (Lipinski definition) is 2. The fourth-order valence-electron chi connectivity index (χ4n) is 4.11. The van der Waals surface area contributed by atoms with Gasteiger partial charge in [-0.3, -0.25) is 0 Å². The normalized spacial score (nSPS) is 14.1. The molecule has 1 aliphatic carbocycles. The molecule has 0 unspecified atom stereocenters. The van der Waals surface area contributed by atoms with Crippen LogP contribution in [0.1, 0.15) is 51.0 Å². The molecular formula is C28H32ClN5O4.